The van der Waals surface area contributed by atoms with Crippen molar-refractivity contribution in [1.82, 2.24) is 10.2 Å². The lowest BCUT2D eigenvalue weighted by Crippen LogP contribution is -2.54. The van der Waals surface area contributed by atoms with E-state index in [2.05, 4.69) is 5.32 Å². The van der Waals surface area contributed by atoms with Gasteiger partial charge in [0.15, 0.2) is 0 Å². The van der Waals surface area contributed by atoms with Crippen LogP contribution in [-0.4, -0.2) is 50.0 Å². The van der Waals surface area contributed by atoms with Gasteiger partial charge in [0.25, 0.3) is 10.0 Å². The van der Waals surface area contributed by atoms with Crippen molar-refractivity contribution in [2.75, 3.05) is 17.1 Å². The average Bonchev–Trinajstić information content (AvgIpc) is 3.02. The van der Waals surface area contributed by atoms with Crippen LogP contribution in [-0.2, 0) is 26.2 Å². The van der Waals surface area contributed by atoms with Crippen molar-refractivity contribution in [3.05, 3.63) is 87.9 Å². The maximum Gasteiger partial charge on any atom is 0.264 e. The molecule has 3 aromatic carbocycles. The molecule has 236 valence electrons. The minimum absolute atomic E-state index is 0.0415. The van der Waals surface area contributed by atoms with Crippen LogP contribution in [0.3, 0.4) is 0 Å². The number of benzene rings is 3. The molecule has 1 aliphatic carbocycles. The van der Waals surface area contributed by atoms with E-state index in [1.807, 2.05) is 20.1 Å². The fourth-order valence-electron chi connectivity index (χ4n) is 5.43. The first kappa shape index (κ1) is 34.2. The third-order valence-corrected chi connectivity index (χ3v) is 11.2. The van der Waals surface area contributed by atoms with Gasteiger partial charge in [-0.3, -0.25) is 13.9 Å². The number of rotatable bonds is 12. The molecule has 0 aliphatic heterocycles. The summed E-state index contributed by atoms with van der Waals surface area (Å²) in [5, 5.41) is 3.86. The van der Waals surface area contributed by atoms with E-state index >= 15 is 0 Å². The Morgan fingerprint density at radius 3 is 2.14 bits per heavy atom. The fraction of sp³-hybridized carbons (Fsp3) is 0.394. The summed E-state index contributed by atoms with van der Waals surface area (Å²) in [7, 11) is -4.16. The minimum Gasteiger partial charge on any atom is -0.352 e. The van der Waals surface area contributed by atoms with Crippen LogP contribution in [0.1, 0.15) is 56.6 Å². The van der Waals surface area contributed by atoms with Gasteiger partial charge in [0.05, 0.1) is 10.6 Å². The molecule has 7 nitrogen and oxygen atoms in total. The number of thioether (sulfide) groups is 1. The van der Waals surface area contributed by atoms with Crippen LogP contribution in [0.25, 0.3) is 0 Å². The van der Waals surface area contributed by atoms with E-state index in [1.165, 1.54) is 16.7 Å². The predicted molar refractivity (Wildman–Crippen MR) is 180 cm³/mol. The highest BCUT2D eigenvalue weighted by atomic mass is 35.5. The van der Waals surface area contributed by atoms with E-state index in [0.29, 0.717) is 27.7 Å². The smallest absolute Gasteiger partial charge is 0.264 e. The second kappa shape index (κ2) is 15.5. The van der Waals surface area contributed by atoms with Crippen molar-refractivity contribution in [3.63, 3.8) is 0 Å². The summed E-state index contributed by atoms with van der Waals surface area (Å²) in [5.41, 5.74) is 1.78. The van der Waals surface area contributed by atoms with Gasteiger partial charge in [0.2, 0.25) is 11.8 Å². The second-order valence-corrected chi connectivity index (χ2v) is 14.6. The Bertz CT molecular complexity index is 1520. The zero-order valence-electron chi connectivity index (χ0n) is 25.3. The number of nitrogens with zero attached hydrogens (tertiary/aromatic N) is 2. The molecule has 0 radical (unpaired) electrons. The van der Waals surface area contributed by atoms with Gasteiger partial charge in [-0.25, -0.2) is 8.42 Å². The topological polar surface area (TPSA) is 86.8 Å². The van der Waals surface area contributed by atoms with Gasteiger partial charge >= 0.3 is 0 Å². The molecular weight excluding hydrogens is 637 g/mol. The number of hydrogen-bond donors (Lipinski definition) is 1. The number of sulfonamides is 1. The molecule has 0 saturated heterocycles. The van der Waals surface area contributed by atoms with Crippen molar-refractivity contribution in [3.8, 4) is 0 Å². The van der Waals surface area contributed by atoms with E-state index in [0.717, 1.165) is 46.9 Å². The lowest BCUT2D eigenvalue weighted by molar-refractivity contribution is -0.140. The number of halogens is 2. The summed E-state index contributed by atoms with van der Waals surface area (Å²) in [4.78, 5) is 30.5. The highest BCUT2D eigenvalue weighted by Crippen LogP contribution is 2.30. The zero-order valence-corrected chi connectivity index (χ0v) is 28.4. The third kappa shape index (κ3) is 8.30. The summed E-state index contributed by atoms with van der Waals surface area (Å²) in [6, 6.07) is 17.8. The molecule has 4 rings (SSSR count). The van der Waals surface area contributed by atoms with Crippen molar-refractivity contribution < 1.29 is 18.0 Å². The lowest BCUT2D eigenvalue weighted by atomic mass is 9.95. The van der Waals surface area contributed by atoms with Crippen LogP contribution < -0.4 is 9.62 Å². The first-order valence-electron chi connectivity index (χ1n) is 14.8. The van der Waals surface area contributed by atoms with Gasteiger partial charge in [0.1, 0.15) is 12.6 Å². The summed E-state index contributed by atoms with van der Waals surface area (Å²) in [5.74, 6) is -0.815. The van der Waals surface area contributed by atoms with Crippen LogP contribution in [0.5, 0.6) is 0 Å². The third-order valence-electron chi connectivity index (χ3n) is 7.98. The molecule has 1 saturated carbocycles. The Balaban J connectivity index is 1.73. The number of aryl methyl sites for hydroxylation is 1. The van der Waals surface area contributed by atoms with E-state index in [1.54, 1.807) is 66.7 Å². The molecule has 1 aliphatic rings. The second-order valence-electron chi connectivity index (χ2n) is 11.0. The van der Waals surface area contributed by atoms with Gasteiger partial charge < -0.3 is 10.2 Å². The molecule has 0 spiro atoms. The van der Waals surface area contributed by atoms with Crippen LogP contribution in [0.4, 0.5) is 5.69 Å². The monoisotopic (exact) mass is 675 g/mol. The van der Waals surface area contributed by atoms with Crippen LogP contribution in [0, 0.1) is 6.92 Å². The number of amides is 2. The highest BCUT2D eigenvalue weighted by molar-refractivity contribution is 7.98. The SMILES string of the molecule is CCC(C(=O)NC1CCCCC1)N(Cc1c(Cl)cccc1Cl)C(=O)CN(c1ccc(C)cc1)S(=O)(=O)c1ccc(SC)cc1. The molecule has 1 N–H and O–H groups in total. The van der Waals surface area contributed by atoms with Gasteiger partial charge in [-0.15, -0.1) is 11.8 Å². The number of hydrogen-bond acceptors (Lipinski definition) is 5. The molecule has 1 unspecified atom stereocenters. The molecule has 1 fully saturated rings. The summed E-state index contributed by atoms with van der Waals surface area (Å²) in [6.45, 7) is 3.16. The van der Waals surface area contributed by atoms with E-state index in [4.69, 9.17) is 23.2 Å². The van der Waals surface area contributed by atoms with Gasteiger partial charge in [-0.05, 0) is 81.0 Å². The van der Waals surface area contributed by atoms with E-state index < -0.39 is 28.5 Å². The molecule has 44 heavy (non-hydrogen) atoms. The molecule has 0 heterocycles. The van der Waals surface area contributed by atoms with E-state index in [9.17, 15) is 18.0 Å². The number of carbonyl (C=O) groups excluding carboxylic acids is 2. The molecule has 0 bridgehead atoms. The van der Waals surface area contributed by atoms with Crippen LogP contribution >= 0.6 is 35.0 Å². The number of carbonyl (C=O) groups is 2. The molecule has 1 atom stereocenters. The van der Waals surface area contributed by atoms with Crippen molar-refractivity contribution in [1.29, 1.82) is 0 Å². The Kier molecular flexibility index (Phi) is 12.0. The first-order chi connectivity index (χ1) is 21.0. The lowest BCUT2D eigenvalue weighted by Gasteiger charge is -2.34. The van der Waals surface area contributed by atoms with E-state index in [-0.39, 0.29) is 23.4 Å². The Labute approximate surface area is 275 Å². The van der Waals surface area contributed by atoms with Crippen molar-refractivity contribution in [2.45, 2.75) is 80.8 Å². The molecule has 0 aromatic heterocycles. The Hall–Kier alpha value is -2.72. The fourth-order valence-corrected chi connectivity index (χ4v) is 7.77. The first-order valence-corrected chi connectivity index (χ1v) is 18.2. The largest absolute Gasteiger partial charge is 0.352 e. The summed E-state index contributed by atoms with van der Waals surface area (Å²) >= 11 is 14.6. The summed E-state index contributed by atoms with van der Waals surface area (Å²) in [6.07, 6.45) is 7.24. The maximum absolute atomic E-state index is 14.3. The molecule has 3 aromatic rings. The number of anilines is 1. The normalized spacial score (nSPS) is 14.6. The summed E-state index contributed by atoms with van der Waals surface area (Å²) < 4.78 is 29.3. The standard InChI is InChI=1S/C33H39Cl2N3O4S2/c1-4-31(33(40)36-24-9-6-5-7-10-24)37(21-28-29(34)11-8-12-30(28)35)32(39)22-38(25-15-13-23(2)14-16-25)44(41,42)27-19-17-26(43-3)18-20-27/h8,11-20,24,31H,4-7,9-10,21-22H2,1-3H3,(H,36,40). The van der Waals surface area contributed by atoms with Gasteiger partial charge in [-0.2, -0.15) is 0 Å². The quantitative estimate of drug-likeness (QED) is 0.201. The van der Waals surface area contributed by atoms with Crippen LogP contribution in [0.15, 0.2) is 76.5 Å². The number of nitrogens with one attached hydrogen (secondary N) is 1. The maximum atomic E-state index is 14.3. The average molecular weight is 677 g/mol. The van der Waals surface area contributed by atoms with Crippen LogP contribution in [0.2, 0.25) is 10.0 Å². The zero-order chi connectivity index (χ0) is 31.9. The predicted octanol–water partition coefficient (Wildman–Crippen LogP) is 7.48. The highest BCUT2D eigenvalue weighted by Gasteiger charge is 2.35. The van der Waals surface area contributed by atoms with Crippen molar-refractivity contribution in [2.24, 2.45) is 0 Å². The Morgan fingerprint density at radius 2 is 1.57 bits per heavy atom. The van der Waals surface area contributed by atoms with Crippen molar-refractivity contribution >= 4 is 62.5 Å². The van der Waals surface area contributed by atoms with Gasteiger partial charge in [0, 0.05) is 33.1 Å². The molecule has 2 amide bonds. The minimum atomic E-state index is -4.16. The molecular formula is C33H39Cl2N3O4S2. The molecule has 11 heteroatoms. The Morgan fingerprint density at radius 1 is 0.955 bits per heavy atom. The van der Waals surface area contributed by atoms with Gasteiger partial charge in [-0.1, -0.05) is 73.2 Å².